The second-order valence-corrected chi connectivity index (χ2v) is 8.93. The van der Waals surface area contributed by atoms with E-state index in [1.165, 1.54) is 22.5 Å². The minimum Gasteiger partial charge on any atom is -0.459 e. The molecule has 9 heteroatoms. The van der Waals surface area contributed by atoms with Gasteiger partial charge in [0.25, 0.3) is 0 Å². The first-order valence-electron chi connectivity index (χ1n) is 10.1. The number of aromatic nitrogens is 3. The van der Waals surface area contributed by atoms with Crippen molar-refractivity contribution in [2.24, 2.45) is 0 Å². The Morgan fingerprint density at radius 1 is 1.25 bits per heavy atom. The topological polar surface area (TPSA) is 69.0 Å². The normalized spacial score (nSPS) is 15.5. The Balaban J connectivity index is 1.72. The molecule has 0 bridgehead atoms. The van der Waals surface area contributed by atoms with Gasteiger partial charge in [-0.25, -0.2) is 13.9 Å². The lowest BCUT2D eigenvalue weighted by Gasteiger charge is -2.28. The number of rotatable bonds is 6. The van der Waals surface area contributed by atoms with E-state index in [1.54, 1.807) is 39.0 Å². The zero-order valence-corrected chi connectivity index (χ0v) is 19.4. The van der Waals surface area contributed by atoms with Crippen molar-refractivity contribution in [3.05, 3.63) is 81.8 Å². The van der Waals surface area contributed by atoms with Crippen molar-refractivity contribution in [2.45, 2.75) is 43.8 Å². The summed E-state index contributed by atoms with van der Waals surface area (Å²) in [5.41, 5.74) is 2.12. The summed E-state index contributed by atoms with van der Waals surface area (Å²) in [6.07, 6.45) is -0.317. The molecule has 0 amide bonds. The number of benzene rings is 2. The van der Waals surface area contributed by atoms with E-state index >= 15 is 0 Å². The first-order chi connectivity index (χ1) is 15.3. The van der Waals surface area contributed by atoms with Gasteiger partial charge in [-0.05, 0) is 38.5 Å². The van der Waals surface area contributed by atoms with Crippen molar-refractivity contribution in [3.8, 4) is 0 Å². The fourth-order valence-corrected chi connectivity index (χ4v) is 4.59. The zero-order chi connectivity index (χ0) is 22.8. The molecule has 0 saturated carbocycles. The van der Waals surface area contributed by atoms with Crippen LogP contribution in [0.15, 0.2) is 65.0 Å². The van der Waals surface area contributed by atoms with Crippen LogP contribution in [-0.4, -0.2) is 26.8 Å². The maximum atomic E-state index is 14.8. The van der Waals surface area contributed by atoms with Gasteiger partial charge in [-0.15, -0.1) is 5.10 Å². The molecule has 4 rings (SSSR count). The number of esters is 1. The highest BCUT2D eigenvalue weighted by atomic mass is 35.5. The van der Waals surface area contributed by atoms with E-state index < -0.39 is 17.8 Å². The van der Waals surface area contributed by atoms with Gasteiger partial charge in [0.2, 0.25) is 11.1 Å². The summed E-state index contributed by atoms with van der Waals surface area (Å²) >= 11 is 7.66. The van der Waals surface area contributed by atoms with Crippen molar-refractivity contribution in [1.82, 2.24) is 14.8 Å². The van der Waals surface area contributed by atoms with Gasteiger partial charge in [0.15, 0.2) is 0 Å². The monoisotopic (exact) mass is 472 g/mol. The van der Waals surface area contributed by atoms with Gasteiger partial charge in [-0.2, -0.15) is 4.98 Å². The third-order valence-electron chi connectivity index (χ3n) is 4.91. The average molecular weight is 473 g/mol. The summed E-state index contributed by atoms with van der Waals surface area (Å²) in [6.45, 7) is 5.29. The third kappa shape index (κ3) is 4.52. The SMILES string of the molecule is CC1=C(C(=O)OC(C)C)C(c2ccccc2F)n2nc(SCc3ccccc3Cl)nc2N1. The van der Waals surface area contributed by atoms with Gasteiger partial charge < -0.3 is 10.1 Å². The number of hydrogen-bond donors (Lipinski definition) is 1. The third-order valence-corrected chi connectivity index (χ3v) is 6.17. The second-order valence-electron chi connectivity index (χ2n) is 7.58. The maximum absolute atomic E-state index is 14.8. The average Bonchev–Trinajstić information content (AvgIpc) is 3.14. The highest BCUT2D eigenvalue weighted by molar-refractivity contribution is 7.98. The van der Waals surface area contributed by atoms with Crippen molar-refractivity contribution < 1.29 is 13.9 Å². The molecular weight excluding hydrogens is 451 g/mol. The van der Waals surface area contributed by atoms with E-state index in [2.05, 4.69) is 15.4 Å². The fourth-order valence-electron chi connectivity index (χ4n) is 3.48. The predicted octanol–water partition coefficient (Wildman–Crippen LogP) is 5.60. The summed E-state index contributed by atoms with van der Waals surface area (Å²) in [5.74, 6) is 0.0410. The molecule has 1 unspecified atom stereocenters. The minimum absolute atomic E-state index is 0.295. The maximum Gasteiger partial charge on any atom is 0.338 e. The molecule has 0 aliphatic carbocycles. The molecule has 1 aliphatic heterocycles. The number of nitrogens with zero attached hydrogens (tertiary/aromatic N) is 3. The zero-order valence-electron chi connectivity index (χ0n) is 17.8. The lowest BCUT2D eigenvalue weighted by molar-refractivity contribution is -0.143. The molecule has 3 aromatic rings. The lowest BCUT2D eigenvalue weighted by atomic mass is 9.95. The second kappa shape index (κ2) is 9.34. The molecule has 6 nitrogen and oxygen atoms in total. The van der Waals surface area contributed by atoms with Gasteiger partial charge in [0.05, 0.1) is 11.7 Å². The minimum atomic E-state index is -0.805. The number of hydrogen-bond acceptors (Lipinski definition) is 6. The number of allylic oxidation sites excluding steroid dienone is 1. The molecule has 2 aromatic carbocycles. The van der Waals surface area contributed by atoms with Crippen LogP contribution < -0.4 is 5.32 Å². The Morgan fingerprint density at radius 3 is 2.69 bits per heavy atom. The van der Waals surface area contributed by atoms with Gasteiger partial charge >= 0.3 is 5.97 Å². The first-order valence-corrected chi connectivity index (χ1v) is 11.5. The van der Waals surface area contributed by atoms with Crippen LogP contribution in [0.25, 0.3) is 0 Å². The van der Waals surface area contributed by atoms with E-state index in [4.69, 9.17) is 16.3 Å². The highest BCUT2D eigenvalue weighted by Gasteiger charge is 2.36. The Hall–Kier alpha value is -2.84. The van der Waals surface area contributed by atoms with E-state index in [0.29, 0.717) is 38.7 Å². The van der Waals surface area contributed by atoms with Crippen LogP contribution in [0.1, 0.15) is 37.9 Å². The van der Waals surface area contributed by atoms with Crippen LogP contribution in [0.4, 0.5) is 10.3 Å². The fraction of sp³-hybridized carbons (Fsp3) is 0.261. The van der Waals surface area contributed by atoms with Gasteiger partial charge in [-0.1, -0.05) is 59.8 Å². The van der Waals surface area contributed by atoms with Crippen LogP contribution in [0.2, 0.25) is 5.02 Å². The summed E-state index contributed by atoms with van der Waals surface area (Å²) in [4.78, 5) is 17.5. The van der Waals surface area contributed by atoms with E-state index in [9.17, 15) is 9.18 Å². The molecule has 0 spiro atoms. The molecule has 0 saturated heterocycles. The summed E-state index contributed by atoms with van der Waals surface area (Å²) in [7, 11) is 0. The number of nitrogens with one attached hydrogen (secondary N) is 1. The molecule has 1 aromatic heterocycles. The summed E-state index contributed by atoms with van der Waals surface area (Å²) in [5, 5.41) is 8.87. The Bertz CT molecular complexity index is 1190. The van der Waals surface area contributed by atoms with Gasteiger partial charge in [0.1, 0.15) is 11.9 Å². The van der Waals surface area contributed by atoms with Gasteiger partial charge in [0, 0.05) is 22.0 Å². The van der Waals surface area contributed by atoms with Crippen LogP contribution in [0, 0.1) is 5.82 Å². The number of halogens is 2. The molecule has 32 heavy (non-hydrogen) atoms. The summed E-state index contributed by atoms with van der Waals surface area (Å²) in [6, 6.07) is 13.1. The number of thioether (sulfide) groups is 1. The Kier molecular flexibility index (Phi) is 6.53. The van der Waals surface area contributed by atoms with Crippen LogP contribution in [-0.2, 0) is 15.3 Å². The number of carbonyl (C=O) groups is 1. The van der Waals surface area contributed by atoms with Crippen molar-refractivity contribution in [2.75, 3.05) is 5.32 Å². The van der Waals surface area contributed by atoms with Crippen LogP contribution >= 0.6 is 23.4 Å². The molecule has 2 heterocycles. The highest BCUT2D eigenvalue weighted by Crippen LogP contribution is 2.38. The van der Waals surface area contributed by atoms with Crippen LogP contribution in [0.5, 0.6) is 0 Å². The standard InChI is InChI=1S/C23H22ClFN4O2S/c1-13(2)31-21(30)19-14(3)26-22-27-23(32-12-15-8-4-6-10-17(15)24)28-29(22)20(19)16-9-5-7-11-18(16)25/h4-11,13,20H,12H2,1-3H3,(H,26,27,28). The molecule has 0 radical (unpaired) electrons. The summed E-state index contributed by atoms with van der Waals surface area (Å²) < 4.78 is 21.8. The van der Waals surface area contributed by atoms with Crippen molar-refractivity contribution >= 4 is 35.3 Å². The number of carbonyl (C=O) groups excluding carboxylic acids is 1. The number of fused-ring (bicyclic) bond motifs is 1. The van der Waals surface area contributed by atoms with Crippen LogP contribution in [0.3, 0.4) is 0 Å². The largest absolute Gasteiger partial charge is 0.459 e. The van der Waals surface area contributed by atoms with E-state index in [-0.39, 0.29) is 6.10 Å². The molecule has 1 atom stereocenters. The Morgan fingerprint density at radius 2 is 1.97 bits per heavy atom. The Labute approximate surface area is 194 Å². The lowest BCUT2D eigenvalue weighted by Crippen LogP contribution is -2.31. The van der Waals surface area contributed by atoms with Crippen molar-refractivity contribution in [1.29, 1.82) is 0 Å². The number of ether oxygens (including phenoxy) is 1. The van der Waals surface area contributed by atoms with Gasteiger partial charge in [-0.3, -0.25) is 0 Å². The van der Waals surface area contributed by atoms with E-state index in [0.717, 1.165) is 5.56 Å². The molecule has 1 aliphatic rings. The predicted molar refractivity (Wildman–Crippen MR) is 123 cm³/mol. The smallest absolute Gasteiger partial charge is 0.338 e. The quantitative estimate of drug-likeness (QED) is 0.372. The molecular formula is C23H22ClFN4O2S. The molecule has 166 valence electrons. The first kappa shape index (κ1) is 22.4. The van der Waals surface area contributed by atoms with Crippen molar-refractivity contribution in [3.63, 3.8) is 0 Å². The molecule has 0 fully saturated rings. The number of anilines is 1. The molecule has 1 N–H and O–H groups in total. The van der Waals surface area contributed by atoms with E-state index in [1.807, 2.05) is 24.3 Å².